The Morgan fingerprint density at radius 1 is 1.11 bits per heavy atom. The first-order valence-electron chi connectivity index (χ1n) is 9.29. The number of benzene rings is 1. The van der Waals surface area contributed by atoms with Crippen molar-refractivity contribution in [3.63, 3.8) is 0 Å². The number of nitrogens with one attached hydrogen (secondary N) is 2. The van der Waals surface area contributed by atoms with Gasteiger partial charge in [0.25, 0.3) is 0 Å². The Labute approximate surface area is 160 Å². The van der Waals surface area contributed by atoms with Gasteiger partial charge in [-0.25, -0.2) is 14.4 Å². The zero-order chi connectivity index (χ0) is 19.4. The van der Waals surface area contributed by atoms with Crippen molar-refractivity contribution in [3.8, 4) is 0 Å². The molecular formula is C22H27FN4. The van der Waals surface area contributed by atoms with Crippen LogP contribution in [0.25, 0.3) is 0 Å². The molecule has 2 aromatic rings. The van der Waals surface area contributed by atoms with Crippen LogP contribution in [0.3, 0.4) is 0 Å². The molecule has 27 heavy (non-hydrogen) atoms. The summed E-state index contributed by atoms with van der Waals surface area (Å²) in [5.41, 5.74) is 2.14. The number of nitrogens with zero attached hydrogens (tertiary/aromatic N) is 2. The Hall–Kier alpha value is -2.69. The average molecular weight is 366 g/mol. The van der Waals surface area contributed by atoms with Gasteiger partial charge >= 0.3 is 0 Å². The summed E-state index contributed by atoms with van der Waals surface area (Å²) in [4.78, 5) is 8.53. The van der Waals surface area contributed by atoms with E-state index >= 15 is 0 Å². The molecule has 2 unspecified atom stereocenters. The molecule has 2 N–H and O–H groups in total. The molecule has 5 heteroatoms. The molecule has 1 aromatic heterocycles. The Bertz CT molecular complexity index is 851. The van der Waals surface area contributed by atoms with Crippen LogP contribution in [-0.4, -0.2) is 9.97 Å². The second-order valence-corrected chi connectivity index (χ2v) is 8.13. The van der Waals surface area contributed by atoms with E-state index in [-0.39, 0.29) is 11.2 Å². The summed E-state index contributed by atoms with van der Waals surface area (Å²) in [5, 5.41) is 6.56. The van der Waals surface area contributed by atoms with E-state index in [1.165, 1.54) is 18.5 Å². The van der Waals surface area contributed by atoms with Gasteiger partial charge in [-0.3, -0.25) is 0 Å². The fraction of sp³-hybridized carbons (Fsp3) is 0.364. The Kier molecular flexibility index (Phi) is 5.59. The highest BCUT2D eigenvalue weighted by molar-refractivity contribution is 5.52. The average Bonchev–Trinajstić information content (AvgIpc) is 2.59. The largest absolute Gasteiger partial charge is 0.366 e. The minimum atomic E-state index is -0.238. The lowest BCUT2D eigenvalue weighted by Crippen LogP contribution is -2.26. The summed E-state index contributed by atoms with van der Waals surface area (Å²) >= 11 is 0. The standard InChI is InChI=1S/C22H27FN4/c1-15-10-18(8-9-19(15)22(2,3)4)27-21-12-20(25-14-26-21)24-13-16-6-5-7-17(23)11-16/h5-12,14-15,19H,13H2,1-4H3,(H2,24,25,26,27). The SMILES string of the molecule is CC1C=C(Nc2cc(NCc3cccc(F)c3)ncn2)C=CC1C(C)(C)C. The van der Waals surface area contributed by atoms with E-state index in [1.54, 1.807) is 6.07 Å². The lowest BCUT2D eigenvalue weighted by molar-refractivity contribution is 0.243. The van der Waals surface area contributed by atoms with Crippen molar-refractivity contribution < 1.29 is 4.39 Å². The van der Waals surface area contributed by atoms with Crippen LogP contribution in [0.4, 0.5) is 16.0 Å². The molecule has 2 atom stereocenters. The third-order valence-electron chi connectivity index (χ3n) is 4.79. The van der Waals surface area contributed by atoms with E-state index in [1.807, 2.05) is 12.1 Å². The predicted molar refractivity (Wildman–Crippen MR) is 109 cm³/mol. The van der Waals surface area contributed by atoms with Gasteiger partial charge in [0, 0.05) is 18.3 Å². The fourth-order valence-corrected chi connectivity index (χ4v) is 3.50. The van der Waals surface area contributed by atoms with Gasteiger partial charge in [-0.05, 0) is 41.0 Å². The topological polar surface area (TPSA) is 49.8 Å². The van der Waals surface area contributed by atoms with Crippen LogP contribution in [0.1, 0.15) is 33.3 Å². The molecule has 1 heterocycles. The molecule has 1 aromatic carbocycles. The molecule has 3 rings (SSSR count). The van der Waals surface area contributed by atoms with Crippen molar-refractivity contribution in [3.05, 3.63) is 72.0 Å². The number of halogens is 1. The molecule has 1 aliphatic carbocycles. The lowest BCUT2D eigenvalue weighted by atomic mass is 9.72. The van der Waals surface area contributed by atoms with Crippen molar-refractivity contribution in [2.45, 2.75) is 34.2 Å². The molecule has 0 aliphatic heterocycles. The Morgan fingerprint density at radius 3 is 2.59 bits per heavy atom. The maximum Gasteiger partial charge on any atom is 0.135 e. The van der Waals surface area contributed by atoms with Gasteiger partial charge in [0.1, 0.15) is 23.8 Å². The highest BCUT2D eigenvalue weighted by Gasteiger charge is 2.28. The molecule has 1 aliphatic rings. The van der Waals surface area contributed by atoms with Crippen molar-refractivity contribution in [1.82, 2.24) is 9.97 Å². The summed E-state index contributed by atoms with van der Waals surface area (Å²) in [6.45, 7) is 9.55. The maximum atomic E-state index is 13.3. The van der Waals surface area contributed by atoms with Crippen molar-refractivity contribution in [2.24, 2.45) is 17.3 Å². The smallest absolute Gasteiger partial charge is 0.135 e. The molecule has 0 amide bonds. The summed E-state index contributed by atoms with van der Waals surface area (Å²) in [5.74, 6) is 2.14. The van der Waals surface area contributed by atoms with E-state index in [0.717, 1.165) is 17.1 Å². The third-order valence-corrected chi connectivity index (χ3v) is 4.79. The van der Waals surface area contributed by atoms with E-state index in [0.29, 0.717) is 24.2 Å². The molecule has 0 radical (unpaired) electrons. The van der Waals surface area contributed by atoms with Crippen molar-refractivity contribution >= 4 is 11.6 Å². The Balaban J connectivity index is 1.64. The number of hydrogen-bond acceptors (Lipinski definition) is 4. The first kappa shape index (κ1) is 19.1. The van der Waals surface area contributed by atoms with Crippen LogP contribution in [0, 0.1) is 23.1 Å². The molecule has 4 nitrogen and oxygen atoms in total. The number of anilines is 2. The van der Waals surface area contributed by atoms with Gasteiger partial charge in [0.15, 0.2) is 0 Å². The van der Waals surface area contributed by atoms with Crippen LogP contribution in [0.2, 0.25) is 0 Å². The molecule has 0 saturated heterocycles. The zero-order valence-corrected chi connectivity index (χ0v) is 16.3. The van der Waals surface area contributed by atoms with Crippen LogP contribution < -0.4 is 10.6 Å². The molecule has 0 saturated carbocycles. The third kappa shape index (κ3) is 5.16. The summed E-state index contributed by atoms with van der Waals surface area (Å²) < 4.78 is 13.3. The zero-order valence-electron chi connectivity index (χ0n) is 16.3. The monoisotopic (exact) mass is 366 g/mol. The van der Waals surface area contributed by atoms with E-state index in [2.05, 4.69) is 66.5 Å². The highest BCUT2D eigenvalue weighted by atomic mass is 19.1. The number of allylic oxidation sites excluding steroid dienone is 3. The summed E-state index contributed by atoms with van der Waals surface area (Å²) in [6.07, 6.45) is 8.16. The minimum Gasteiger partial charge on any atom is -0.366 e. The van der Waals surface area contributed by atoms with Crippen molar-refractivity contribution in [1.29, 1.82) is 0 Å². The van der Waals surface area contributed by atoms with Gasteiger partial charge < -0.3 is 10.6 Å². The summed E-state index contributed by atoms with van der Waals surface area (Å²) in [6, 6.07) is 8.38. The van der Waals surface area contributed by atoms with Crippen LogP contribution in [-0.2, 0) is 6.54 Å². The molecule has 0 bridgehead atoms. The number of aromatic nitrogens is 2. The van der Waals surface area contributed by atoms with E-state index in [4.69, 9.17) is 0 Å². The Morgan fingerprint density at radius 2 is 1.89 bits per heavy atom. The second kappa shape index (κ2) is 7.91. The van der Waals surface area contributed by atoms with Gasteiger partial charge in [0.05, 0.1) is 0 Å². The van der Waals surface area contributed by atoms with Gasteiger partial charge in [0.2, 0.25) is 0 Å². The maximum absolute atomic E-state index is 13.3. The number of rotatable bonds is 5. The van der Waals surface area contributed by atoms with Gasteiger partial charge in [-0.2, -0.15) is 0 Å². The van der Waals surface area contributed by atoms with E-state index < -0.39 is 0 Å². The normalized spacial score (nSPS) is 19.5. The molecule has 0 spiro atoms. The quantitative estimate of drug-likeness (QED) is 0.745. The van der Waals surface area contributed by atoms with E-state index in [9.17, 15) is 4.39 Å². The van der Waals surface area contributed by atoms with Crippen LogP contribution >= 0.6 is 0 Å². The highest BCUT2D eigenvalue weighted by Crippen LogP contribution is 2.37. The van der Waals surface area contributed by atoms with Crippen molar-refractivity contribution in [2.75, 3.05) is 10.6 Å². The van der Waals surface area contributed by atoms with Crippen LogP contribution in [0.5, 0.6) is 0 Å². The van der Waals surface area contributed by atoms with Crippen LogP contribution in [0.15, 0.2) is 60.6 Å². The van der Waals surface area contributed by atoms with Gasteiger partial charge in [-0.15, -0.1) is 0 Å². The first-order chi connectivity index (χ1) is 12.8. The van der Waals surface area contributed by atoms with Gasteiger partial charge in [-0.1, -0.05) is 52.0 Å². The number of hydrogen-bond donors (Lipinski definition) is 2. The lowest BCUT2D eigenvalue weighted by Gasteiger charge is -2.34. The minimum absolute atomic E-state index is 0.237. The fourth-order valence-electron chi connectivity index (χ4n) is 3.50. The molecule has 142 valence electrons. The predicted octanol–water partition coefficient (Wildman–Crippen LogP) is 5.39. The molecule has 0 fully saturated rings. The second-order valence-electron chi connectivity index (χ2n) is 8.13. The molecular weight excluding hydrogens is 339 g/mol. The summed E-state index contributed by atoms with van der Waals surface area (Å²) in [7, 11) is 0. The first-order valence-corrected chi connectivity index (χ1v) is 9.29.